The molecule has 1 aromatic heterocycles. The van der Waals surface area contributed by atoms with Crippen LogP contribution in [-0.4, -0.2) is 17.4 Å². The highest BCUT2D eigenvalue weighted by Gasteiger charge is 2.04. The maximum absolute atomic E-state index is 11.2. The molecule has 0 unspecified atom stereocenters. The van der Waals surface area contributed by atoms with Crippen molar-refractivity contribution in [1.82, 2.24) is 4.98 Å². The van der Waals surface area contributed by atoms with Crippen molar-refractivity contribution in [3.8, 4) is 0 Å². The maximum atomic E-state index is 11.2. The van der Waals surface area contributed by atoms with Crippen LogP contribution in [0.15, 0.2) is 21.5 Å². The van der Waals surface area contributed by atoms with Crippen LogP contribution in [0.1, 0.15) is 6.42 Å². The predicted molar refractivity (Wildman–Crippen MR) is 57.1 cm³/mol. The van der Waals surface area contributed by atoms with E-state index in [9.17, 15) is 9.59 Å². The highest BCUT2D eigenvalue weighted by Crippen LogP contribution is 2.09. The summed E-state index contributed by atoms with van der Waals surface area (Å²) >= 11 is 3.18. The Balaban J connectivity index is 2.81. The van der Waals surface area contributed by atoms with E-state index in [-0.39, 0.29) is 30.1 Å². The van der Waals surface area contributed by atoms with Crippen LogP contribution in [0.2, 0.25) is 0 Å². The summed E-state index contributed by atoms with van der Waals surface area (Å²) in [5.74, 6) is -0.267. The van der Waals surface area contributed by atoms with Crippen molar-refractivity contribution in [2.75, 3.05) is 11.9 Å². The summed E-state index contributed by atoms with van der Waals surface area (Å²) in [6.07, 6.45) is 1.70. The molecule has 76 valence electrons. The fraction of sp³-hybridized carbons (Fsp3) is 0.250. The van der Waals surface area contributed by atoms with Crippen LogP contribution < -0.4 is 16.6 Å². The number of anilines is 1. The lowest BCUT2D eigenvalue weighted by molar-refractivity contribution is -0.116. The number of nitrogens with two attached hydrogens (primary N) is 1. The van der Waals surface area contributed by atoms with Crippen LogP contribution in [0.3, 0.4) is 0 Å². The molecule has 0 aliphatic heterocycles. The normalized spacial score (nSPS) is 9.86. The van der Waals surface area contributed by atoms with E-state index in [4.69, 9.17) is 5.73 Å². The van der Waals surface area contributed by atoms with E-state index in [1.807, 2.05) is 0 Å². The van der Waals surface area contributed by atoms with E-state index in [0.29, 0.717) is 4.47 Å². The molecule has 0 aromatic carbocycles. The van der Waals surface area contributed by atoms with Crippen LogP contribution in [-0.2, 0) is 4.79 Å². The second kappa shape index (κ2) is 4.92. The monoisotopic (exact) mass is 259 g/mol. The molecule has 0 saturated carbocycles. The van der Waals surface area contributed by atoms with Gasteiger partial charge in [-0.1, -0.05) is 0 Å². The third-order valence-electron chi connectivity index (χ3n) is 1.51. The number of carbonyl (C=O) groups is 1. The van der Waals surface area contributed by atoms with E-state index in [2.05, 4.69) is 26.2 Å². The largest absolute Gasteiger partial charge is 0.330 e. The summed E-state index contributed by atoms with van der Waals surface area (Å²) < 4.78 is 0.695. The predicted octanol–water partition coefficient (Wildman–Crippen LogP) is 0.425. The van der Waals surface area contributed by atoms with Crippen molar-refractivity contribution < 1.29 is 4.79 Å². The summed E-state index contributed by atoms with van der Waals surface area (Å²) in [7, 11) is 0. The summed E-state index contributed by atoms with van der Waals surface area (Å²) in [6, 6.07) is 1.53. The molecule has 1 rings (SSSR count). The number of aromatic nitrogens is 1. The minimum Gasteiger partial charge on any atom is -0.330 e. The first kappa shape index (κ1) is 10.9. The lowest BCUT2D eigenvalue weighted by Gasteiger charge is -2.02. The Hall–Kier alpha value is -1.14. The minimum atomic E-state index is -0.335. The van der Waals surface area contributed by atoms with Gasteiger partial charge in [0.1, 0.15) is 5.69 Å². The average Bonchev–Trinajstić information content (AvgIpc) is 2.12. The van der Waals surface area contributed by atoms with Crippen molar-refractivity contribution >= 4 is 27.5 Å². The van der Waals surface area contributed by atoms with Gasteiger partial charge in [0.2, 0.25) is 5.91 Å². The molecule has 6 heteroatoms. The first-order chi connectivity index (χ1) is 6.63. The molecule has 1 amide bonds. The average molecular weight is 260 g/mol. The number of H-pyrrole nitrogens is 1. The van der Waals surface area contributed by atoms with Crippen LogP contribution in [0.5, 0.6) is 0 Å². The molecule has 0 saturated heterocycles. The smallest absolute Gasteiger partial charge is 0.271 e. The van der Waals surface area contributed by atoms with Crippen LogP contribution >= 0.6 is 15.9 Å². The first-order valence-electron chi connectivity index (χ1n) is 4.01. The van der Waals surface area contributed by atoms with Gasteiger partial charge >= 0.3 is 0 Å². The Morgan fingerprint density at radius 3 is 3.00 bits per heavy atom. The molecular weight excluding hydrogens is 250 g/mol. The Labute approximate surface area is 88.8 Å². The first-order valence-corrected chi connectivity index (χ1v) is 4.81. The molecular formula is C8H10BrN3O2. The van der Waals surface area contributed by atoms with Gasteiger partial charge in [-0.2, -0.15) is 0 Å². The second-order valence-corrected chi connectivity index (χ2v) is 3.56. The molecule has 14 heavy (non-hydrogen) atoms. The number of amides is 1. The van der Waals surface area contributed by atoms with E-state index in [1.165, 1.54) is 12.3 Å². The van der Waals surface area contributed by atoms with Crippen molar-refractivity contribution in [2.45, 2.75) is 6.42 Å². The Bertz CT molecular complexity index is 388. The minimum absolute atomic E-state index is 0.200. The second-order valence-electron chi connectivity index (χ2n) is 2.65. The highest BCUT2D eigenvalue weighted by atomic mass is 79.9. The summed E-state index contributed by atoms with van der Waals surface area (Å²) in [5.41, 5.74) is 5.08. The molecule has 4 N–H and O–H groups in total. The molecule has 0 radical (unpaired) electrons. The Kier molecular flexibility index (Phi) is 3.84. The summed E-state index contributed by atoms with van der Waals surface area (Å²) in [6.45, 7) is 0.262. The number of aromatic amines is 1. The lowest BCUT2D eigenvalue weighted by atomic mass is 10.3. The highest BCUT2D eigenvalue weighted by molar-refractivity contribution is 9.10. The standard InChI is InChI=1S/C8H10BrN3O2/c9-5-3-6(8(14)11-4-5)12-7(13)1-2-10/h3-4H,1-2,10H2,(H,11,14)(H,12,13). The number of halogens is 1. The van der Waals surface area contributed by atoms with E-state index in [0.717, 1.165) is 0 Å². The van der Waals surface area contributed by atoms with E-state index in [1.54, 1.807) is 0 Å². The number of hydrogen-bond acceptors (Lipinski definition) is 3. The summed E-state index contributed by atoms with van der Waals surface area (Å²) in [5, 5.41) is 2.46. The van der Waals surface area contributed by atoms with Gasteiger partial charge in [-0.3, -0.25) is 9.59 Å². The van der Waals surface area contributed by atoms with Crippen LogP contribution in [0, 0.1) is 0 Å². The quantitative estimate of drug-likeness (QED) is 0.736. The van der Waals surface area contributed by atoms with Gasteiger partial charge in [-0.25, -0.2) is 0 Å². The zero-order valence-corrected chi connectivity index (χ0v) is 8.93. The maximum Gasteiger partial charge on any atom is 0.271 e. The SMILES string of the molecule is NCCC(=O)Nc1cc(Br)c[nH]c1=O. The van der Waals surface area contributed by atoms with Crippen molar-refractivity contribution in [3.05, 3.63) is 27.1 Å². The number of pyridine rings is 1. The van der Waals surface area contributed by atoms with Gasteiger partial charge in [-0.05, 0) is 22.0 Å². The van der Waals surface area contributed by atoms with Gasteiger partial charge in [0.05, 0.1) is 0 Å². The number of rotatable bonds is 3. The molecule has 1 heterocycles. The molecule has 0 bridgehead atoms. The fourth-order valence-corrected chi connectivity index (χ4v) is 1.24. The zero-order chi connectivity index (χ0) is 10.6. The molecule has 0 aliphatic carbocycles. The zero-order valence-electron chi connectivity index (χ0n) is 7.34. The number of nitrogens with one attached hydrogen (secondary N) is 2. The van der Waals surface area contributed by atoms with Gasteiger partial charge in [0.25, 0.3) is 5.56 Å². The van der Waals surface area contributed by atoms with Gasteiger partial charge in [0, 0.05) is 23.6 Å². The Morgan fingerprint density at radius 2 is 2.36 bits per heavy atom. The van der Waals surface area contributed by atoms with Gasteiger partial charge in [0.15, 0.2) is 0 Å². The molecule has 0 atom stereocenters. The third-order valence-corrected chi connectivity index (χ3v) is 1.97. The molecule has 5 nitrogen and oxygen atoms in total. The van der Waals surface area contributed by atoms with Gasteiger partial charge in [-0.15, -0.1) is 0 Å². The molecule has 1 aromatic rings. The van der Waals surface area contributed by atoms with E-state index < -0.39 is 0 Å². The van der Waals surface area contributed by atoms with E-state index >= 15 is 0 Å². The molecule has 0 aliphatic rings. The van der Waals surface area contributed by atoms with Crippen molar-refractivity contribution in [3.63, 3.8) is 0 Å². The van der Waals surface area contributed by atoms with Crippen LogP contribution in [0.25, 0.3) is 0 Å². The molecule has 0 spiro atoms. The van der Waals surface area contributed by atoms with Crippen molar-refractivity contribution in [2.24, 2.45) is 5.73 Å². The lowest BCUT2D eigenvalue weighted by Crippen LogP contribution is -2.21. The fourth-order valence-electron chi connectivity index (χ4n) is 0.894. The number of hydrogen-bond donors (Lipinski definition) is 3. The Morgan fingerprint density at radius 1 is 1.64 bits per heavy atom. The van der Waals surface area contributed by atoms with Gasteiger partial charge < -0.3 is 16.0 Å². The molecule has 0 fully saturated rings. The van der Waals surface area contributed by atoms with Crippen molar-refractivity contribution in [1.29, 1.82) is 0 Å². The summed E-state index contributed by atoms with van der Waals surface area (Å²) in [4.78, 5) is 24.8. The van der Waals surface area contributed by atoms with Crippen LogP contribution in [0.4, 0.5) is 5.69 Å². The number of carbonyl (C=O) groups excluding carboxylic acids is 1. The topological polar surface area (TPSA) is 88.0 Å². The third kappa shape index (κ3) is 2.97.